The first-order chi connectivity index (χ1) is 18.4. The summed E-state index contributed by atoms with van der Waals surface area (Å²) < 4.78 is 31.2. The van der Waals surface area contributed by atoms with Gasteiger partial charge in [-0.3, -0.25) is 0 Å². The van der Waals surface area contributed by atoms with E-state index in [0.717, 1.165) is 5.56 Å². The predicted molar refractivity (Wildman–Crippen MR) is 158 cm³/mol. The summed E-state index contributed by atoms with van der Waals surface area (Å²) in [6.07, 6.45) is 9.37. The van der Waals surface area contributed by atoms with E-state index in [-0.39, 0.29) is 15.8 Å². The molecule has 0 aromatic heterocycles. The molecule has 0 spiro atoms. The van der Waals surface area contributed by atoms with Crippen molar-refractivity contribution in [2.24, 2.45) is 0 Å². The Labute approximate surface area is 232 Å². The van der Waals surface area contributed by atoms with Crippen LogP contribution in [0.25, 0.3) is 0 Å². The largest absolute Gasteiger partial charge is 0.744 e. The van der Waals surface area contributed by atoms with Crippen LogP contribution in [0.4, 0.5) is 0 Å². The molecule has 38 heavy (non-hydrogen) atoms. The minimum Gasteiger partial charge on any atom is -0.744 e. The summed E-state index contributed by atoms with van der Waals surface area (Å²) in [6, 6.07) is 36.9. The van der Waals surface area contributed by atoms with Crippen LogP contribution in [-0.2, 0) is 27.4 Å². The first-order valence-corrected chi connectivity index (χ1v) is 16.0. The van der Waals surface area contributed by atoms with E-state index in [9.17, 15) is 13.0 Å². The van der Waals surface area contributed by atoms with Crippen molar-refractivity contribution in [3.05, 3.63) is 120 Å². The van der Waals surface area contributed by atoms with Crippen molar-refractivity contribution in [1.82, 2.24) is 0 Å². The average molecular weight is 547 g/mol. The van der Waals surface area contributed by atoms with Crippen LogP contribution < -0.4 is 0 Å². The molecule has 5 heteroatoms. The maximum Gasteiger partial charge on any atom is 0.166 e. The van der Waals surface area contributed by atoms with Gasteiger partial charge in [-0.2, -0.15) is 0 Å². The van der Waals surface area contributed by atoms with Crippen LogP contribution in [0.1, 0.15) is 56.6 Å². The van der Waals surface area contributed by atoms with Gasteiger partial charge in [-0.25, -0.2) is 8.42 Å². The second-order valence-corrected chi connectivity index (χ2v) is 12.8. The second-order valence-electron chi connectivity index (χ2n) is 9.36. The van der Waals surface area contributed by atoms with Crippen molar-refractivity contribution in [3.63, 3.8) is 0 Å². The maximum atomic E-state index is 10.4. The van der Waals surface area contributed by atoms with Gasteiger partial charge in [0, 0.05) is 0 Å². The third-order valence-electron chi connectivity index (χ3n) is 6.25. The summed E-state index contributed by atoms with van der Waals surface area (Å²) in [5, 5.41) is 0. The lowest BCUT2D eigenvalue weighted by atomic mass is 10.1. The Morgan fingerprint density at radius 1 is 0.605 bits per heavy atom. The van der Waals surface area contributed by atoms with Gasteiger partial charge >= 0.3 is 0 Å². The summed E-state index contributed by atoms with van der Waals surface area (Å²) in [4.78, 5) is 3.99. The lowest BCUT2D eigenvalue weighted by molar-refractivity contribution is 0.463. The van der Waals surface area contributed by atoms with Crippen LogP contribution in [0.5, 0.6) is 0 Å². The molecule has 0 saturated heterocycles. The fraction of sp³-hybridized carbons (Fsp3) is 0.273. The summed E-state index contributed by atoms with van der Waals surface area (Å²) in [7, 11) is -4.30. The molecule has 4 aromatic carbocycles. The zero-order chi connectivity index (χ0) is 27.2. The molecule has 0 unspecified atom stereocenters. The van der Waals surface area contributed by atoms with Crippen molar-refractivity contribution < 1.29 is 13.0 Å². The van der Waals surface area contributed by atoms with Crippen molar-refractivity contribution in [2.45, 2.75) is 78.4 Å². The molecular weight excluding hydrogens is 508 g/mol. The molecule has 3 nitrogen and oxygen atoms in total. The van der Waals surface area contributed by atoms with E-state index in [1.165, 1.54) is 77.3 Å². The van der Waals surface area contributed by atoms with Gasteiger partial charge in [-0.15, -0.1) is 0 Å². The number of unbranched alkanes of at least 4 members (excludes halogenated alkanes) is 5. The fourth-order valence-corrected chi connectivity index (χ4v) is 6.68. The van der Waals surface area contributed by atoms with E-state index in [2.05, 4.69) is 91.9 Å². The van der Waals surface area contributed by atoms with E-state index in [1.54, 1.807) is 12.1 Å². The van der Waals surface area contributed by atoms with Crippen molar-refractivity contribution in [1.29, 1.82) is 0 Å². The van der Waals surface area contributed by atoms with Gasteiger partial charge in [0.25, 0.3) is 0 Å². The van der Waals surface area contributed by atoms with Crippen molar-refractivity contribution >= 4 is 21.0 Å². The molecule has 0 bridgehead atoms. The van der Waals surface area contributed by atoms with Crippen LogP contribution in [0.15, 0.2) is 129 Å². The minimum atomic E-state index is -4.27. The van der Waals surface area contributed by atoms with Crippen LogP contribution in [-0.4, -0.2) is 13.0 Å². The zero-order valence-corrected chi connectivity index (χ0v) is 24.0. The van der Waals surface area contributed by atoms with E-state index < -0.39 is 10.1 Å². The highest BCUT2D eigenvalue weighted by Gasteiger charge is 2.27. The van der Waals surface area contributed by atoms with Gasteiger partial charge in [0.1, 0.15) is 10.1 Å². The van der Waals surface area contributed by atoms with E-state index in [0.29, 0.717) is 0 Å². The Morgan fingerprint density at radius 2 is 1.08 bits per heavy atom. The molecule has 200 valence electrons. The topological polar surface area (TPSA) is 57.2 Å². The van der Waals surface area contributed by atoms with Gasteiger partial charge < -0.3 is 4.55 Å². The van der Waals surface area contributed by atoms with E-state index in [1.807, 2.05) is 6.92 Å². The molecule has 0 atom stereocenters. The van der Waals surface area contributed by atoms with Crippen LogP contribution in [0, 0.1) is 6.92 Å². The summed E-state index contributed by atoms with van der Waals surface area (Å²) in [5.41, 5.74) is 2.40. The lowest BCUT2D eigenvalue weighted by Gasteiger charge is -2.09. The Hall–Kier alpha value is -2.86. The highest BCUT2D eigenvalue weighted by molar-refractivity contribution is 7.97. The molecule has 0 saturated carbocycles. The Balaban J connectivity index is 0.000000304. The third-order valence-corrected chi connectivity index (χ3v) is 9.33. The highest BCUT2D eigenvalue weighted by Crippen LogP contribution is 2.31. The first-order valence-electron chi connectivity index (χ1n) is 13.3. The SMILES string of the molecule is CCCCCCCCc1ccc([S+](c2ccccc2)c2ccccc2)cc1.Cc1ccc(S(=O)(=O)[O-])cc1. The summed E-state index contributed by atoms with van der Waals surface area (Å²) in [5.74, 6) is 0. The number of aryl methyl sites for hydroxylation is 2. The van der Waals surface area contributed by atoms with E-state index in [4.69, 9.17) is 0 Å². The zero-order valence-electron chi connectivity index (χ0n) is 22.4. The quantitative estimate of drug-likeness (QED) is 0.108. The van der Waals surface area contributed by atoms with Crippen molar-refractivity contribution in [3.8, 4) is 0 Å². The smallest absolute Gasteiger partial charge is 0.166 e. The Kier molecular flexibility index (Phi) is 12.1. The molecule has 0 radical (unpaired) electrons. The van der Waals surface area contributed by atoms with Crippen molar-refractivity contribution in [2.75, 3.05) is 0 Å². The monoisotopic (exact) mass is 546 g/mol. The fourth-order valence-electron chi connectivity index (χ4n) is 4.13. The molecule has 0 fully saturated rings. The third kappa shape index (κ3) is 9.79. The lowest BCUT2D eigenvalue weighted by Crippen LogP contribution is -2.04. The molecular formula is C33H38O3S2. The maximum absolute atomic E-state index is 10.4. The molecule has 0 amide bonds. The van der Waals surface area contributed by atoms with E-state index >= 15 is 0 Å². The average Bonchev–Trinajstić information content (AvgIpc) is 2.93. The molecule has 4 rings (SSSR count). The molecule has 4 aromatic rings. The van der Waals surface area contributed by atoms with Gasteiger partial charge in [0.15, 0.2) is 14.7 Å². The molecule has 0 N–H and O–H groups in total. The number of rotatable bonds is 11. The number of benzene rings is 4. The normalized spacial score (nSPS) is 11.2. The van der Waals surface area contributed by atoms with Gasteiger partial charge in [0.2, 0.25) is 0 Å². The summed E-state index contributed by atoms with van der Waals surface area (Å²) in [6.45, 7) is 4.10. The summed E-state index contributed by atoms with van der Waals surface area (Å²) >= 11 is 0. The van der Waals surface area contributed by atoms with Gasteiger partial charge in [-0.1, -0.05) is 105 Å². The standard InChI is InChI=1S/C26H31S.C7H8O3S/c1-2-3-4-5-6-9-14-23-19-21-26(22-20-23)27(24-15-10-7-11-16-24)25-17-12-8-13-18-25;1-6-2-4-7(5-3-6)11(8,9)10/h7-8,10-13,15-22H,2-6,9,14H2,1H3;2-5H,1H3,(H,8,9,10)/q+1;/p-1. The first kappa shape index (κ1) is 29.7. The Bertz CT molecular complexity index is 1260. The second kappa shape index (κ2) is 15.5. The van der Waals surface area contributed by atoms with Gasteiger partial charge in [0.05, 0.1) is 15.8 Å². The minimum absolute atomic E-state index is 0.0341. The molecule has 0 aliphatic carbocycles. The molecule has 0 aliphatic rings. The Morgan fingerprint density at radius 3 is 1.58 bits per heavy atom. The predicted octanol–water partition coefficient (Wildman–Crippen LogP) is 8.58. The van der Waals surface area contributed by atoms with Crippen LogP contribution >= 0.6 is 0 Å². The number of hydrogen-bond donors (Lipinski definition) is 0. The van der Waals surface area contributed by atoms with Crippen LogP contribution in [0.3, 0.4) is 0 Å². The molecule has 0 aliphatic heterocycles. The van der Waals surface area contributed by atoms with Gasteiger partial charge in [-0.05, 0) is 73.9 Å². The highest BCUT2D eigenvalue weighted by atomic mass is 32.2. The molecule has 0 heterocycles. The number of hydrogen-bond acceptors (Lipinski definition) is 3. The van der Waals surface area contributed by atoms with Crippen LogP contribution in [0.2, 0.25) is 0 Å².